The number of H-pyrrole nitrogens is 1. The van der Waals surface area contributed by atoms with Crippen molar-refractivity contribution in [1.29, 1.82) is 0 Å². The number of nitrogens with one attached hydrogen (secondary N) is 1. The van der Waals surface area contributed by atoms with Crippen LogP contribution in [-0.2, 0) is 6.42 Å². The molecule has 24 heavy (non-hydrogen) atoms. The molecule has 1 aliphatic heterocycles. The number of hydrogen-bond donors (Lipinski definition) is 1. The Kier molecular flexibility index (Phi) is 3.81. The lowest BCUT2D eigenvalue weighted by Gasteiger charge is -2.34. The third-order valence-electron chi connectivity index (χ3n) is 4.44. The number of carbonyl (C=O) groups is 1. The van der Waals surface area contributed by atoms with Crippen LogP contribution >= 0.6 is 27.5 Å². The summed E-state index contributed by atoms with van der Waals surface area (Å²) < 4.78 is 0.758. The molecule has 0 spiro atoms. The highest BCUT2D eigenvalue weighted by atomic mass is 79.9. The molecule has 1 aliphatic rings. The van der Waals surface area contributed by atoms with Crippen molar-refractivity contribution in [3.8, 4) is 0 Å². The normalized spacial score (nSPS) is 17.1. The summed E-state index contributed by atoms with van der Waals surface area (Å²) in [4.78, 5) is 26.7. The van der Waals surface area contributed by atoms with Crippen LogP contribution in [0.1, 0.15) is 34.8 Å². The zero-order valence-electron chi connectivity index (χ0n) is 12.9. The van der Waals surface area contributed by atoms with Gasteiger partial charge in [-0.1, -0.05) is 17.7 Å². The molecule has 0 unspecified atom stereocenters. The summed E-state index contributed by atoms with van der Waals surface area (Å²) in [5.74, 6) is 0.185. The second-order valence-electron chi connectivity index (χ2n) is 5.81. The molecular weight excluding hydrogens is 392 g/mol. The first kappa shape index (κ1) is 15.6. The fourth-order valence-electron chi connectivity index (χ4n) is 3.16. The lowest BCUT2D eigenvalue weighted by Crippen LogP contribution is -2.39. The van der Waals surface area contributed by atoms with E-state index in [1.54, 1.807) is 6.20 Å². The maximum absolute atomic E-state index is 12.9. The molecule has 0 fully saturated rings. The first-order valence-corrected chi connectivity index (χ1v) is 8.82. The van der Waals surface area contributed by atoms with Crippen molar-refractivity contribution in [1.82, 2.24) is 19.9 Å². The molecule has 4 rings (SSSR count). The molecule has 3 heterocycles. The van der Waals surface area contributed by atoms with E-state index in [0.717, 1.165) is 27.7 Å². The fourth-order valence-corrected chi connectivity index (χ4v) is 3.69. The van der Waals surface area contributed by atoms with E-state index in [0.29, 0.717) is 22.9 Å². The Bertz CT molecular complexity index is 955. The Labute approximate surface area is 152 Å². The minimum atomic E-state index is -0.125. The van der Waals surface area contributed by atoms with E-state index in [4.69, 9.17) is 11.6 Å². The van der Waals surface area contributed by atoms with Crippen LogP contribution in [0.15, 0.2) is 34.9 Å². The number of rotatable bonds is 1. The number of aromatic nitrogens is 3. The third-order valence-corrected chi connectivity index (χ3v) is 5.71. The van der Waals surface area contributed by atoms with Gasteiger partial charge in [0.25, 0.3) is 5.91 Å². The van der Waals surface area contributed by atoms with Gasteiger partial charge < -0.3 is 9.88 Å². The molecule has 0 saturated carbocycles. The largest absolute Gasteiger partial charge is 0.334 e. The number of halogens is 2. The van der Waals surface area contributed by atoms with Crippen LogP contribution in [-0.4, -0.2) is 32.3 Å². The van der Waals surface area contributed by atoms with Crippen molar-refractivity contribution in [2.24, 2.45) is 0 Å². The lowest BCUT2D eigenvalue weighted by atomic mass is 9.98. The molecule has 0 bridgehead atoms. The smallest absolute Gasteiger partial charge is 0.290 e. The third kappa shape index (κ3) is 2.41. The van der Waals surface area contributed by atoms with E-state index in [9.17, 15) is 4.79 Å². The molecule has 1 atom stereocenters. The molecule has 5 nitrogen and oxygen atoms in total. The molecule has 0 radical (unpaired) electrons. The van der Waals surface area contributed by atoms with Crippen LogP contribution in [0.5, 0.6) is 0 Å². The van der Waals surface area contributed by atoms with Crippen molar-refractivity contribution in [2.45, 2.75) is 19.4 Å². The number of amides is 1. The quantitative estimate of drug-likeness (QED) is 0.662. The molecule has 2 aromatic heterocycles. The Morgan fingerprint density at radius 1 is 1.42 bits per heavy atom. The Balaban J connectivity index is 1.71. The second-order valence-corrected chi connectivity index (χ2v) is 7.04. The molecule has 1 N–H and O–H groups in total. The number of carbonyl (C=O) groups excluding carboxylic acids is 1. The van der Waals surface area contributed by atoms with Crippen molar-refractivity contribution in [2.75, 3.05) is 6.54 Å². The second kappa shape index (κ2) is 5.86. The van der Waals surface area contributed by atoms with Crippen LogP contribution in [0, 0.1) is 0 Å². The van der Waals surface area contributed by atoms with Crippen molar-refractivity contribution >= 4 is 44.5 Å². The molecule has 122 valence electrons. The predicted octanol–water partition coefficient (Wildman–Crippen LogP) is 4.13. The summed E-state index contributed by atoms with van der Waals surface area (Å²) in [6.07, 6.45) is 2.54. The number of fused-ring (bicyclic) bond motifs is 2. The van der Waals surface area contributed by atoms with Gasteiger partial charge in [-0.15, -0.1) is 0 Å². The molecule has 3 aromatic rings. The predicted molar refractivity (Wildman–Crippen MR) is 96.2 cm³/mol. The van der Waals surface area contributed by atoms with E-state index in [1.165, 1.54) is 0 Å². The van der Waals surface area contributed by atoms with Crippen LogP contribution in [0.4, 0.5) is 0 Å². The maximum atomic E-state index is 12.9. The molecule has 7 heteroatoms. The van der Waals surface area contributed by atoms with Gasteiger partial charge in [0.15, 0.2) is 5.82 Å². The van der Waals surface area contributed by atoms with Crippen molar-refractivity contribution in [3.63, 3.8) is 0 Å². The van der Waals surface area contributed by atoms with Crippen LogP contribution in [0.3, 0.4) is 0 Å². The van der Waals surface area contributed by atoms with Crippen LogP contribution < -0.4 is 0 Å². The van der Waals surface area contributed by atoms with Crippen molar-refractivity contribution < 1.29 is 4.79 Å². The van der Waals surface area contributed by atoms with Gasteiger partial charge in [0, 0.05) is 29.3 Å². The average Bonchev–Trinajstić information content (AvgIpc) is 3.03. The number of nitrogens with zero attached hydrogens (tertiary/aromatic N) is 3. The highest BCUT2D eigenvalue weighted by Crippen LogP contribution is 2.32. The topological polar surface area (TPSA) is 61.9 Å². The summed E-state index contributed by atoms with van der Waals surface area (Å²) >= 11 is 9.64. The Hall–Kier alpha value is -1.92. The minimum Gasteiger partial charge on any atom is -0.334 e. The first-order chi connectivity index (χ1) is 11.6. The van der Waals surface area contributed by atoms with Gasteiger partial charge in [0.1, 0.15) is 5.52 Å². The van der Waals surface area contributed by atoms with Gasteiger partial charge in [-0.25, -0.2) is 4.98 Å². The van der Waals surface area contributed by atoms with Crippen molar-refractivity contribution in [3.05, 3.63) is 57.0 Å². The van der Waals surface area contributed by atoms with E-state index >= 15 is 0 Å². The van der Waals surface area contributed by atoms with Gasteiger partial charge >= 0.3 is 0 Å². The molecule has 1 aromatic carbocycles. The standard InChI is InChI=1S/C17H14BrClN4O/c1-9-10-3-2-7-20-12(10)6-8-23(9)17(24)16-21-13-5-4-11(18)14(19)15(13)22-16/h2-5,7,9H,6,8H2,1H3,(H,21,22)/t9-/m1/s1. The number of benzene rings is 1. The summed E-state index contributed by atoms with van der Waals surface area (Å²) in [6, 6.07) is 7.59. The number of hydrogen-bond acceptors (Lipinski definition) is 3. The van der Waals surface area contributed by atoms with E-state index in [2.05, 4.69) is 30.9 Å². The van der Waals surface area contributed by atoms with E-state index in [-0.39, 0.29) is 11.9 Å². The first-order valence-electron chi connectivity index (χ1n) is 7.64. The van der Waals surface area contributed by atoms with Gasteiger partial charge in [0.05, 0.1) is 16.6 Å². The zero-order chi connectivity index (χ0) is 16.8. The van der Waals surface area contributed by atoms with Gasteiger partial charge in [-0.2, -0.15) is 0 Å². The summed E-state index contributed by atoms with van der Waals surface area (Å²) in [6.45, 7) is 2.64. The Morgan fingerprint density at radius 3 is 3.08 bits per heavy atom. The summed E-state index contributed by atoms with van der Waals surface area (Å²) in [7, 11) is 0. The highest BCUT2D eigenvalue weighted by molar-refractivity contribution is 9.10. The highest BCUT2D eigenvalue weighted by Gasteiger charge is 2.30. The monoisotopic (exact) mass is 404 g/mol. The van der Waals surface area contributed by atoms with Crippen LogP contribution in [0.2, 0.25) is 5.02 Å². The summed E-state index contributed by atoms with van der Waals surface area (Å²) in [5, 5.41) is 0.504. The molecule has 0 saturated heterocycles. The van der Waals surface area contributed by atoms with Crippen LogP contribution in [0.25, 0.3) is 11.0 Å². The number of aromatic amines is 1. The molecule has 0 aliphatic carbocycles. The van der Waals surface area contributed by atoms with Gasteiger partial charge in [0.2, 0.25) is 0 Å². The molecule has 1 amide bonds. The number of imidazole rings is 1. The minimum absolute atomic E-state index is 0.0367. The number of pyridine rings is 1. The lowest BCUT2D eigenvalue weighted by molar-refractivity contribution is 0.0665. The fraction of sp³-hybridized carbons (Fsp3) is 0.235. The zero-order valence-corrected chi connectivity index (χ0v) is 15.2. The van der Waals surface area contributed by atoms with E-state index in [1.807, 2.05) is 36.1 Å². The summed E-state index contributed by atoms with van der Waals surface area (Å²) in [5.41, 5.74) is 3.50. The molecular formula is C17H14BrClN4O. The Morgan fingerprint density at radius 2 is 2.25 bits per heavy atom. The van der Waals surface area contributed by atoms with E-state index < -0.39 is 0 Å². The average molecular weight is 406 g/mol. The maximum Gasteiger partial charge on any atom is 0.290 e. The van der Waals surface area contributed by atoms with Gasteiger partial charge in [-0.05, 0) is 46.6 Å². The SMILES string of the molecule is C[C@@H]1c2cccnc2CCN1C(=O)c1nc2c(Cl)c(Br)ccc2[nH]1. The van der Waals surface area contributed by atoms with Gasteiger partial charge in [-0.3, -0.25) is 9.78 Å².